The molecule has 1 aromatic rings. The average molecular weight is 414 g/mol. The van der Waals surface area contributed by atoms with Crippen molar-refractivity contribution < 1.29 is 19.0 Å². The minimum Gasteiger partial charge on any atom is -0.490 e. The Balaban J connectivity index is 2.19. The van der Waals surface area contributed by atoms with Crippen molar-refractivity contribution in [2.45, 2.75) is 26.8 Å². The van der Waals surface area contributed by atoms with E-state index in [0.29, 0.717) is 46.1 Å². The number of hydrogen-bond donors (Lipinski definition) is 1. The van der Waals surface area contributed by atoms with Crippen molar-refractivity contribution in [1.82, 2.24) is 4.90 Å². The molecule has 9 heteroatoms. The minimum atomic E-state index is -0.608. The summed E-state index contributed by atoms with van der Waals surface area (Å²) in [6.07, 6.45) is 0. The molecule has 152 valence electrons. The third-order valence-corrected chi connectivity index (χ3v) is 5.44. The summed E-state index contributed by atoms with van der Waals surface area (Å²) in [6, 6.07) is 6.95. The van der Waals surface area contributed by atoms with Crippen molar-refractivity contribution in [3.63, 3.8) is 0 Å². The number of carbonyl (C=O) groups is 1. The monoisotopic (exact) mass is 414 g/mol. The van der Waals surface area contributed by atoms with Crippen LogP contribution in [0.1, 0.15) is 32.4 Å². The molecule has 2 heterocycles. The first-order chi connectivity index (χ1) is 14.0. The van der Waals surface area contributed by atoms with Gasteiger partial charge in [-0.1, -0.05) is 6.07 Å². The lowest BCUT2D eigenvalue weighted by atomic mass is 9.94. The van der Waals surface area contributed by atoms with Gasteiger partial charge in [-0.15, -0.1) is 0 Å². The SMILES string of the molecule is CCOc1ccc([C@H]2C(C(=O)OC)=C(C)N=C3SC(C#N)=C(N)N32)cc1OCC. The van der Waals surface area contributed by atoms with Crippen LogP contribution in [0.3, 0.4) is 0 Å². The first-order valence-corrected chi connectivity index (χ1v) is 9.92. The largest absolute Gasteiger partial charge is 0.490 e. The summed E-state index contributed by atoms with van der Waals surface area (Å²) in [5.74, 6) is 0.917. The number of nitriles is 1. The van der Waals surface area contributed by atoms with Gasteiger partial charge in [0.05, 0.1) is 37.6 Å². The van der Waals surface area contributed by atoms with Crippen LogP contribution in [-0.4, -0.2) is 36.4 Å². The second-order valence-electron chi connectivity index (χ2n) is 6.16. The molecule has 8 nitrogen and oxygen atoms in total. The van der Waals surface area contributed by atoms with Gasteiger partial charge in [-0.05, 0) is 50.2 Å². The van der Waals surface area contributed by atoms with E-state index >= 15 is 0 Å². The summed E-state index contributed by atoms with van der Waals surface area (Å²) in [5.41, 5.74) is 7.85. The van der Waals surface area contributed by atoms with Gasteiger partial charge in [-0.3, -0.25) is 4.90 Å². The van der Waals surface area contributed by atoms with E-state index in [1.807, 2.05) is 26.0 Å². The molecule has 0 unspecified atom stereocenters. The van der Waals surface area contributed by atoms with Gasteiger partial charge in [0.2, 0.25) is 0 Å². The lowest BCUT2D eigenvalue weighted by molar-refractivity contribution is -0.136. The van der Waals surface area contributed by atoms with E-state index in [1.54, 1.807) is 17.9 Å². The van der Waals surface area contributed by atoms with E-state index in [9.17, 15) is 10.1 Å². The maximum absolute atomic E-state index is 12.6. The van der Waals surface area contributed by atoms with Crippen LogP contribution < -0.4 is 15.2 Å². The number of aliphatic imine (C=N–C) groups is 1. The van der Waals surface area contributed by atoms with Crippen LogP contribution >= 0.6 is 11.8 Å². The number of fused-ring (bicyclic) bond motifs is 1. The van der Waals surface area contributed by atoms with E-state index in [2.05, 4.69) is 11.1 Å². The van der Waals surface area contributed by atoms with Gasteiger partial charge < -0.3 is 19.9 Å². The molecule has 2 aliphatic rings. The summed E-state index contributed by atoms with van der Waals surface area (Å²) in [7, 11) is 1.32. The Labute approximate surface area is 173 Å². The molecule has 29 heavy (non-hydrogen) atoms. The zero-order valence-electron chi connectivity index (χ0n) is 16.7. The summed E-state index contributed by atoms with van der Waals surface area (Å²) in [5, 5.41) is 9.95. The van der Waals surface area contributed by atoms with Crippen molar-refractivity contribution in [3.8, 4) is 17.6 Å². The first-order valence-electron chi connectivity index (χ1n) is 9.10. The van der Waals surface area contributed by atoms with Gasteiger partial charge >= 0.3 is 5.97 Å². The van der Waals surface area contributed by atoms with Gasteiger partial charge in [0.15, 0.2) is 16.7 Å². The molecule has 1 aromatic carbocycles. The molecule has 0 aromatic heterocycles. The zero-order valence-corrected chi connectivity index (χ0v) is 17.5. The number of allylic oxidation sites excluding steroid dienone is 2. The average Bonchev–Trinajstić information content (AvgIpc) is 3.03. The lowest BCUT2D eigenvalue weighted by Crippen LogP contribution is -2.38. The highest BCUT2D eigenvalue weighted by Gasteiger charge is 2.42. The fourth-order valence-corrected chi connectivity index (χ4v) is 4.18. The maximum Gasteiger partial charge on any atom is 0.338 e. The number of amidine groups is 1. The van der Waals surface area contributed by atoms with Gasteiger partial charge in [0, 0.05) is 0 Å². The Morgan fingerprint density at radius 1 is 1.31 bits per heavy atom. The molecule has 0 aliphatic carbocycles. The van der Waals surface area contributed by atoms with Crippen LogP contribution in [0.25, 0.3) is 0 Å². The van der Waals surface area contributed by atoms with Crippen molar-refractivity contribution in [2.24, 2.45) is 10.7 Å². The molecular formula is C20H22N4O4S. The highest BCUT2D eigenvalue weighted by molar-refractivity contribution is 8.17. The van der Waals surface area contributed by atoms with Crippen molar-refractivity contribution in [3.05, 3.63) is 45.8 Å². The van der Waals surface area contributed by atoms with E-state index in [-0.39, 0.29) is 5.82 Å². The number of rotatable bonds is 6. The standard InChI is InChI=1S/C20H22N4O4S/c1-5-27-13-8-7-12(9-14(13)28-6-2)17-16(19(25)26-4)11(3)23-20-24(17)18(22)15(10-21)29-20/h7-9,17H,5-6,22H2,1-4H3/t17-/m0/s1. The molecule has 3 rings (SSSR count). The maximum atomic E-state index is 12.6. The predicted octanol–water partition coefficient (Wildman–Crippen LogP) is 3.04. The molecule has 0 fully saturated rings. The molecule has 2 aliphatic heterocycles. The third kappa shape index (κ3) is 3.63. The number of esters is 1. The Morgan fingerprint density at radius 3 is 2.62 bits per heavy atom. The molecule has 0 amide bonds. The van der Waals surface area contributed by atoms with E-state index in [4.69, 9.17) is 19.9 Å². The summed E-state index contributed by atoms with van der Waals surface area (Å²) in [6.45, 7) is 6.47. The quantitative estimate of drug-likeness (QED) is 0.707. The Morgan fingerprint density at radius 2 is 2.00 bits per heavy atom. The van der Waals surface area contributed by atoms with Gasteiger partial charge in [-0.2, -0.15) is 5.26 Å². The molecule has 0 spiro atoms. The fraction of sp³-hybridized carbons (Fsp3) is 0.350. The second kappa shape index (κ2) is 8.49. The number of methoxy groups -OCH3 is 1. The highest BCUT2D eigenvalue weighted by atomic mass is 32.2. The fourth-order valence-electron chi connectivity index (χ4n) is 3.26. The second-order valence-corrected chi connectivity index (χ2v) is 7.14. The molecule has 1 atom stereocenters. The summed E-state index contributed by atoms with van der Waals surface area (Å²) < 4.78 is 16.4. The molecule has 0 saturated carbocycles. The van der Waals surface area contributed by atoms with E-state index in [1.165, 1.54) is 18.9 Å². The lowest BCUT2D eigenvalue weighted by Gasteiger charge is -2.35. The molecule has 0 radical (unpaired) electrons. The van der Waals surface area contributed by atoms with Crippen molar-refractivity contribution in [2.75, 3.05) is 20.3 Å². The van der Waals surface area contributed by atoms with Crippen LogP contribution in [0.4, 0.5) is 0 Å². The van der Waals surface area contributed by atoms with E-state index in [0.717, 1.165) is 5.56 Å². The molecule has 2 N–H and O–H groups in total. The summed E-state index contributed by atoms with van der Waals surface area (Å²) >= 11 is 1.18. The van der Waals surface area contributed by atoms with Crippen LogP contribution in [0.15, 0.2) is 45.2 Å². The Kier molecular flexibility index (Phi) is 6.03. The number of carbonyl (C=O) groups excluding carboxylic acids is 1. The van der Waals surface area contributed by atoms with Crippen LogP contribution in [0.2, 0.25) is 0 Å². The van der Waals surface area contributed by atoms with E-state index < -0.39 is 12.0 Å². The number of thioether (sulfide) groups is 1. The topological polar surface area (TPSA) is 110 Å². The smallest absolute Gasteiger partial charge is 0.338 e. The van der Waals surface area contributed by atoms with Crippen molar-refractivity contribution >= 4 is 22.9 Å². The summed E-state index contributed by atoms with van der Waals surface area (Å²) in [4.78, 5) is 19.1. The van der Waals surface area contributed by atoms with Gasteiger partial charge in [0.25, 0.3) is 0 Å². The van der Waals surface area contributed by atoms with Gasteiger partial charge in [-0.25, -0.2) is 9.79 Å². The number of nitrogens with two attached hydrogens (primary N) is 1. The number of benzene rings is 1. The number of nitrogens with zero attached hydrogens (tertiary/aromatic N) is 3. The van der Waals surface area contributed by atoms with Crippen molar-refractivity contribution in [1.29, 1.82) is 5.26 Å². The Hall–Kier alpha value is -3.12. The molecular weight excluding hydrogens is 392 g/mol. The number of ether oxygens (including phenoxy) is 3. The first kappa shape index (κ1) is 20.6. The Bertz CT molecular complexity index is 977. The zero-order chi connectivity index (χ0) is 21.1. The highest BCUT2D eigenvalue weighted by Crippen LogP contribution is 2.46. The number of hydrogen-bond acceptors (Lipinski definition) is 9. The molecule has 0 bridgehead atoms. The van der Waals surface area contributed by atoms with Crippen LogP contribution in [0.5, 0.6) is 11.5 Å². The van der Waals surface area contributed by atoms with Gasteiger partial charge in [0.1, 0.15) is 16.8 Å². The predicted molar refractivity (Wildman–Crippen MR) is 110 cm³/mol. The molecule has 0 saturated heterocycles. The van der Waals surface area contributed by atoms with Crippen LogP contribution in [0, 0.1) is 11.3 Å². The normalized spacial score (nSPS) is 18.2. The third-order valence-electron chi connectivity index (χ3n) is 4.47. The minimum absolute atomic E-state index is 0.252. The van der Waals surface area contributed by atoms with Crippen LogP contribution in [-0.2, 0) is 9.53 Å².